The molecule has 5 rings (SSSR count). The van der Waals surface area contributed by atoms with Gasteiger partial charge in [0, 0.05) is 19.6 Å². The molecule has 0 aromatic heterocycles. The van der Waals surface area contributed by atoms with Gasteiger partial charge < -0.3 is 10.6 Å². The molecule has 12 heteroatoms. The highest BCUT2D eigenvalue weighted by Gasteiger charge is 2.40. The van der Waals surface area contributed by atoms with E-state index in [1.54, 1.807) is 0 Å². The van der Waals surface area contributed by atoms with E-state index in [0.717, 1.165) is 60.9 Å². The van der Waals surface area contributed by atoms with Crippen molar-refractivity contribution >= 4 is 21.8 Å². The summed E-state index contributed by atoms with van der Waals surface area (Å²) < 4.78 is 66.5. The van der Waals surface area contributed by atoms with Crippen molar-refractivity contribution < 1.29 is 31.2 Å². The van der Waals surface area contributed by atoms with Gasteiger partial charge in [-0.2, -0.15) is 17.5 Å². The Kier molecular flexibility index (Phi) is 8.72. The Labute approximate surface area is 238 Å². The van der Waals surface area contributed by atoms with E-state index >= 15 is 0 Å². The minimum Gasteiger partial charge on any atom is -0.353 e. The highest BCUT2D eigenvalue weighted by atomic mass is 32.2. The zero-order chi connectivity index (χ0) is 29.2. The molecule has 3 aliphatic rings. The van der Waals surface area contributed by atoms with Crippen molar-refractivity contribution in [2.75, 3.05) is 26.2 Å². The first-order valence-electron chi connectivity index (χ1n) is 14.1. The number of piperidine rings is 1. The lowest BCUT2D eigenvalue weighted by atomic mass is 9.86. The number of hydrogen-bond donors (Lipinski definition) is 2. The van der Waals surface area contributed by atoms with Crippen LogP contribution < -0.4 is 10.6 Å². The summed E-state index contributed by atoms with van der Waals surface area (Å²) in [4.78, 5) is 28.0. The minimum absolute atomic E-state index is 0.0343. The van der Waals surface area contributed by atoms with Crippen molar-refractivity contribution in [2.24, 2.45) is 0 Å². The fourth-order valence-corrected chi connectivity index (χ4v) is 7.64. The second kappa shape index (κ2) is 12.1. The highest BCUT2D eigenvalue weighted by molar-refractivity contribution is 7.89. The summed E-state index contributed by atoms with van der Waals surface area (Å²) in [7, 11) is -4.33. The Morgan fingerprint density at radius 1 is 1.00 bits per heavy atom. The lowest BCUT2D eigenvalue weighted by molar-refractivity contribution is -0.137. The van der Waals surface area contributed by atoms with Crippen molar-refractivity contribution in [1.29, 1.82) is 0 Å². The third kappa shape index (κ3) is 6.76. The topological polar surface area (TPSA) is 98.8 Å². The molecule has 0 spiro atoms. The van der Waals surface area contributed by atoms with E-state index in [0.29, 0.717) is 12.1 Å². The van der Waals surface area contributed by atoms with Crippen LogP contribution in [0.3, 0.4) is 0 Å². The number of likely N-dealkylation sites (tertiary alicyclic amines) is 1. The first-order valence-corrected chi connectivity index (χ1v) is 15.6. The number of amides is 2. The number of sulfonamides is 1. The molecular weight excluding hydrogens is 557 g/mol. The Balaban J connectivity index is 1.27. The third-order valence-corrected chi connectivity index (χ3v) is 10.1. The quantitative estimate of drug-likeness (QED) is 0.510. The summed E-state index contributed by atoms with van der Waals surface area (Å²) in [5.41, 5.74) is 2.50. The maximum Gasteiger partial charge on any atom is 0.416 e. The molecule has 41 heavy (non-hydrogen) atoms. The third-order valence-electron chi connectivity index (χ3n) is 8.16. The Morgan fingerprint density at radius 3 is 2.44 bits per heavy atom. The molecule has 1 aliphatic carbocycles. The smallest absolute Gasteiger partial charge is 0.353 e. The van der Waals surface area contributed by atoms with E-state index in [2.05, 4.69) is 33.7 Å². The predicted molar refractivity (Wildman–Crippen MR) is 146 cm³/mol. The number of alkyl halides is 3. The molecule has 2 aromatic carbocycles. The Morgan fingerprint density at radius 2 is 1.73 bits per heavy atom. The van der Waals surface area contributed by atoms with Crippen LogP contribution >= 0.6 is 0 Å². The number of hydrogen-bond acceptors (Lipinski definition) is 5. The zero-order valence-electron chi connectivity index (χ0n) is 22.8. The van der Waals surface area contributed by atoms with Gasteiger partial charge in [-0.3, -0.25) is 14.5 Å². The van der Waals surface area contributed by atoms with E-state index in [1.807, 2.05) is 0 Å². The fraction of sp³-hybridized carbons (Fsp3) is 0.517. The van der Waals surface area contributed by atoms with Crippen LogP contribution in [0.4, 0.5) is 13.2 Å². The van der Waals surface area contributed by atoms with Crippen LogP contribution in [0.2, 0.25) is 0 Å². The standard InChI is InChI=1S/C29H35F3N4O4S/c30-29(31,32)22-8-10-23(11-9-22)41(39,40)36-16-13-33-28(38)26(36)18-27(37)34-25-6-4-5-21-17-20(7-12-24(21)25)19-35-14-2-1-3-15-35/h7-12,17,25-26H,1-6,13-16,18-19H2,(H,33,38)(H,34,37)/t25-,26-/m1/s1. The van der Waals surface area contributed by atoms with E-state index in [-0.39, 0.29) is 24.0 Å². The number of carbonyl (C=O) groups excluding carboxylic acids is 2. The van der Waals surface area contributed by atoms with Crippen molar-refractivity contribution in [3.8, 4) is 0 Å². The van der Waals surface area contributed by atoms with E-state index < -0.39 is 46.0 Å². The molecular formula is C29H35F3N4O4S. The van der Waals surface area contributed by atoms with Crippen LogP contribution in [0, 0.1) is 0 Å². The second-order valence-electron chi connectivity index (χ2n) is 11.0. The molecule has 2 aliphatic heterocycles. The first kappa shape index (κ1) is 29.5. The van der Waals surface area contributed by atoms with Gasteiger partial charge in [0.05, 0.1) is 22.9 Å². The van der Waals surface area contributed by atoms with Crippen molar-refractivity contribution in [3.05, 3.63) is 64.7 Å². The van der Waals surface area contributed by atoms with Crippen LogP contribution in [0.5, 0.6) is 0 Å². The van der Waals surface area contributed by atoms with Crippen molar-refractivity contribution in [1.82, 2.24) is 19.8 Å². The van der Waals surface area contributed by atoms with Crippen molar-refractivity contribution in [2.45, 2.75) is 74.6 Å². The number of rotatable bonds is 7. The van der Waals surface area contributed by atoms with Crippen LogP contribution in [0.1, 0.15) is 66.8 Å². The van der Waals surface area contributed by atoms with Gasteiger partial charge in [0.15, 0.2) is 0 Å². The lowest BCUT2D eigenvalue weighted by Crippen LogP contribution is -2.58. The highest BCUT2D eigenvalue weighted by Crippen LogP contribution is 2.33. The minimum atomic E-state index is -4.61. The average molecular weight is 593 g/mol. The summed E-state index contributed by atoms with van der Waals surface area (Å²) in [6.45, 7) is 3.06. The molecule has 0 bridgehead atoms. The number of benzene rings is 2. The van der Waals surface area contributed by atoms with Gasteiger partial charge in [-0.05, 0) is 86.1 Å². The number of carbonyl (C=O) groups is 2. The van der Waals surface area contributed by atoms with Gasteiger partial charge >= 0.3 is 6.18 Å². The van der Waals surface area contributed by atoms with E-state index in [4.69, 9.17) is 0 Å². The van der Waals surface area contributed by atoms with Gasteiger partial charge in [0.1, 0.15) is 6.04 Å². The van der Waals surface area contributed by atoms with Crippen molar-refractivity contribution in [3.63, 3.8) is 0 Å². The number of halogens is 3. The maximum absolute atomic E-state index is 13.3. The summed E-state index contributed by atoms with van der Waals surface area (Å²) in [6, 6.07) is 7.95. The predicted octanol–water partition coefficient (Wildman–Crippen LogP) is 3.76. The summed E-state index contributed by atoms with van der Waals surface area (Å²) in [5.74, 6) is -1.08. The van der Waals surface area contributed by atoms with Gasteiger partial charge in [-0.15, -0.1) is 0 Å². The largest absolute Gasteiger partial charge is 0.416 e. The van der Waals surface area contributed by atoms with Gasteiger partial charge in [-0.25, -0.2) is 8.42 Å². The van der Waals surface area contributed by atoms with Gasteiger partial charge in [-0.1, -0.05) is 24.6 Å². The van der Waals surface area contributed by atoms with Crippen LogP contribution in [0.15, 0.2) is 47.4 Å². The number of fused-ring (bicyclic) bond motifs is 1. The zero-order valence-corrected chi connectivity index (χ0v) is 23.6. The molecule has 2 N–H and O–H groups in total. The molecule has 2 fully saturated rings. The van der Waals surface area contributed by atoms with Crippen LogP contribution in [-0.4, -0.2) is 61.7 Å². The fourth-order valence-electron chi connectivity index (χ4n) is 6.05. The van der Waals surface area contributed by atoms with Gasteiger partial charge in [0.25, 0.3) is 0 Å². The molecule has 2 saturated heterocycles. The summed E-state index contributed by atoms with van der Waals surface area (Å²) in [5, 5.41) is 5.60. The number of aryl methyl sites for hydroxylation is 1. The average Bonchev–Trinajstić information content (AvgIpc) is 2.94. The molecule has 2 amide bonds. The normalized spacial score (nSPS) is 22.6. The van der Waals surface area contributed by atoms with Gasteiger partial charge in [0.2, 0.25) is 21.8 Å². The molecule has 0 radical (unpaired) electrons. The number of piperazine rings is 1. The number of nitrogens with one attached hydrogen (secondary N) is 2. The Bertz CT molecular complexity index is 1380. The monoisotopic (exact) mass is 592 g/mol. The van der Waals surface area contributed by atoms with E-state index in [1.165, 1.54) is 30.4 Å². The summed E-state index contributed by atoms with van der Waals surface area (Å²) in [6.07, 6.45) is 1.26. The number of nitrogens with zero attached hydrogens (tertiary/aromatic N) is 2. The summed E-state index contributed by atoms with van der Waals surface area (Å²) >= 11 is 0. The van der Waals surface area contributed by atoms with Crippen LogP contribution in [-0.2, 0) is 38.8 Å². The molecule has 0 unspecified atom stereocenters. The lowest BCUT2D eigenvalue weighted by Gasteiger charge is -2.34. The second-order valence-corrected chi connectivity index (χ2v) is 12.9. The van der Waals surface area contributed by atoms with Crippen LogP contribution in [0.25, 0.3) is 0 Å². The molecule has 2 aromatic rings. The maximum atomic E-state index is 13.3. The molecule has 8 nitrogen and oxygen atoms in total. The first-order chi connectivity index (χ1) is 19.5. The van der Waals surface area contributed by atoms with E-state index in [9.17, 15) is 31.2 Å². The molecule has 222 valence electrons. The molecule has 2 atom stereocenters. The molecule has 2 heterocycles. The molecule has 0 saturated carbocycles. The SMILES string of the molecule is O=C(C[C@@H]1C(=O)NCCN1S(=O)(=O)c1ccc(C(F)(F)F)cc1)N[C@@H]1CCCc2cc(CN3CCCCC3)ccc21. The Hall–Kier alpha value is -2.96.